The average molecular weight is 383 g/mol. The van der Waals surface area contributed by atoms with Gasteiger partial charge in [-0.3, -0.25) is 9.89 Å². The first-order valence-corrected chi connectivity index (χ1v) is 9.69. The molecule has 2 amide bonds. The van der Waals surface area contributed by atoms with Gasteiger partial charge >= 0.3 is 6.09 Å². The Bertz CT molecular complexity index is 892. The van der Waals surface area contributed by atoms with Crippen LogP contribution < -0.4 is 16.0 Å². The van der Waals surface area contributed by atoms with Gasteiger partial charge in [0.15, 0.2) is 5.82 Å². The van der Waals surface area contributed by atoms with Crippen molar-refractivity contribution in [2.24, 2.45) is 0 Å². The molecule has 28 heavy (non-hydrogen) atoms. The first-order chi connectivity index (χ1) is 13.5. The van der Waals surface area contributed by atoms with Crippen molar-refractivity contribution in [3.63, 3.8) is 0 Å². The number of hydrogen-bond acceptors (Lipinski definition) is 5. The van der Waals surface area contributed by atoms with Crippen LogP contribution in [-0.2, 0) is 11.3 Å². The number of fused-ring (bicyclic) bond motifs is 1. The maximum atomic E-state index is 12.1. The minimum atomic E-state index is -0.358. The number of benzene rings is 1. The van der Waals surface area contributed by atoms with E-state index in [0.29, 0.717) is 17.9 Å². The van der Waals surface area contributed by atoms with Crippen LogP contribution in [0.15, 0.2) is 24.3 Å². The monoisotopic (exact) mass is 383 g/mol. The highest BCUT2D eigenvalue weighted by Crippen LogP contribution is 2.36. The molecule has 4 N–H and O–H groups in total. The minimum Gasteiger partial charge on any atom is -0.446 e. The third-order valence-electron chi connectivity index (χ3n) is 5.18. The third kappa shape index (κ3) is 3.81. The number of alkyl carbamates (subject to hydrolysis) is 1. The lowest BCUT2D eigenvalue weighted by atomic mass is 10.0. The molecule has 8 nitrogen and oxygen atoms in total. The number of amides is 2. The van der Waals surface area contributed by atoms with Crippen LogP contribution in [0.4, 0.5) is 16.3 Å². The van der Waals surface area contributed by atoms with Crippen LogP contribution in [0.25, 0.3) is 0 Å². The smallest absolute Gasteiger partial charge is 0.407 e. The highest BCUT2D eigenvalue weighted by Gasteiger charge is 2.30. The Morgan fingerprint density at radius 1 is 1.32 bits per heavy atom. The predicted molar refractivity (Wildman–Crippen MR) is 105 cm³/mol. The molecule has 0 saturated heterocycles. The van der Waals surface area contributed by atoms with Crippen LogP contribution in [0.5, 0.6) is 0 Å². The van der Waals surface area contributed by atoms with Gasteiger partial charge in [-0.15, -0.1) is 0 Å². The zero-order valence-electron chi connectivity index (χ0n) is 16.0. The summed E-state index contributed by atoms with van der Waals surface area (Å²) in [5.74, 6) is 0.874. The summed E-state index contributed by atoms with van der Waals surface area (Å²) >= 11 is 0. The summed E-state index contributed by atoms with van der Waals surface area (Å²) in [6.45, 7) is 4.37. The lowest BCUT2D eigenvalue weighted by Gasteiger charge is -2.14. The van der Waals surface area contributed by atoms with E-state index in [1.165, 1.54) is 0 Å². The third-order valence-corrected chi connectivity index (χ3v) is 5.18. The van der Waals surface area contributed by atoms with Gasteiger partial charge in [0.2, 0.25) is 0 Å². The maximum Gasteiger partial charge on any atom is 0.407 e. The summed E-state index contributed by atoms with van der Waals surface area (Å²) in [7, 11) is 0. The first-order valence-electron chi connectivity index (χ1n) is 9.69. The van der Waals surface area contributed by atoms with E-state index in [0.717, 1.165) is 36.2 Å². The molecule has 1 aromatic carbocycles. The van der Waals surface area contributed by atoms with Crippen molar-refractivity contribution in [2.75, 3.05) is 5.32 Å². The van der Waals surface area contributed by atoms with Gasteiger partial charge in [0.25, 0.3) is 5.91 Å². The number of hydrogen-bond donors (Lipinski definition) is 4. The molecular weight excluding hydrogens is 358 g/mol. The topological polar surface area (TPSA) is 108 Å². The summed E-state index contributed by atoms with van der Waals surface area (Å²) in [6.07, 6.45) is 2.11. The Labute approximate surface area is 163 Å². The maximum absolute atomic E-state index is 12.1. The second-order valence-electron chi connectivity index (χ2n) is 7.69. The highest BCUT2D eigenvalue weighted by molar-refractivity contribution is 6.03. The number of anilines is 2. The zero-order chi connectivity index (χ0) is 19.7. The van der Waals surface area contributed by atoms with Crippen LogP contribution in [0, 0.1) is 0 Å². The van der Waals surface area contributed by atoms with Crippen LogP contribution in [-0.4, -0.2) is 34.3 Å². The van der Waals surface area contributed by atoms with Crippen molar-refractivity contribution in [2.45, 2.75) is 57.7 Å². The number of ether oxygens (including phenoxy) is 1. The summed E-state index contributed by atoms with van der Waals surface area (Å²) < 4.78 is 5.49. The summed E-state index contributed by atoms with van der Waals surface area (Å²) in [5, 5.41) is 16.3. The molecule has 2 atom stereocenters. The molecule has 1 aliphatic carbocycles. The summed E-state index contributed by atoms with van der Waals surface area (Å²) in [5.41, 5.74) is 3.43. The normalized spacial score (nSPS) is 20.8. The lowest BCUT2D eigenvalue weighted by molar-refractivity contribution is 0.0962. The molecule has 4 rings (SSSR count). The number of aromatic nitrogens is 2. The van der Waals surface area contributed by atoms with E-state index in [-0.39, 0.29) is 30.1 Å². The minimum absolute atomic E-state index is 0.0625. The van der Waals surface area contributed by atoms with Crippen LogP contribution in [0.2, 0.25) is 0 Å². The van der Waals surface area contributed by atoms with E-state index in [1.807, 2.05) is 38.1 Å². The number of carbonyl (C=O) groups is 2. The Kier molecular flexibility index (Phi) is 4.93. The first kappa shape index (κ1) is 18.3. The fourth-order valence-electron chi connectivity index (χ4n) is 3.88. The summed E-state index contributed by atoms with van der Waals surface area (Å²) in [4.78, 5) is 23.8. The van der Waals surface area contributed by atoms with Gasteiger partial charge in [0, 0.05) is 30.3 Å². The molecule has 1 fully saturated rings. The molecule has 1 saturated carbocycles. The lowest BCUT2D eigenvalue weighted by Crippen LogP contribution is -2.33. The van der Waals surface area contributed by atoms with E-state index in [4.69, 9.17) is 4.74 Å². The second kappa shape index (κ2) is 7.53. The molecule has 2 aromatic rings. The number of rotatable bonds is 5. The molecular formula is C20H25N5O3. The molecule has 0 bridgehead atoms. The number of aromatic amines is 1. The van der Waals surface area contributed by atoms with E-state index in [2.05, 4.69) is 26.1 Å². The van der Waals surface area contributed by atoms with Gasteiger partial charge in [-0.05, 0) is 44.7 Å². The van der Waals surface area contributed by atoms with Gasteiger partial charge in [-0.2, -0.15) is 5.10 Å². The van der Waals surface area contributed by atoms with Gasteiger partial charge in [0.1, 0.15) is 6.10 Å². The molecule has 0 radical (unpaired) electrons. The van der Waals surface area contributed by atoms with Gasteiger partial charge < -0.3 is 20.7 Å². The van der Waals surface area contributed by atoms with Crippen LogP contribution >= 0.6 is 0 Å². The van der Waals surface area contributed by atoms with Gasteiger partial charge in [0.05, 0.1) is 11.3 Å². The Morgan fingerprint density at radius 3 is 3.00 bits per heavy atom. The van der Waals surface area contributed by atoms with Crippen molar-refractivity contribution in [1.82, 2.24) is 20.8 Å². The van der Waals surface area contributed by atoms with Gasteiger partial charge in [-0.25, -0.2) is 4.79 Å². The molecule has 0 spiro atoms. The molecule has 8 heteroatoms. The SMILES string of the molecule is CC(C)NC(=O)OC1CC[C@H](c2cc(Nc3cccc4c3C(=O)NC4)n[nH]2)C1. The van der Waals surface area contributed by atoms with Crippen molar-refractivity contribution >= 4 is 23.5 Å². The summed E-state index contributed by atoms with van der Waals surface area (Å²) in [6, 6.07) is 7.78. The fraction of sp³-hybridized carbons (Fsp3) is 0.450. The Balaban J connectivity index is 1.39. The van der Waals surface area contributed by atoms with Crippen LogP contribution in [0.3, 0.4) is 0 Å². The molecule has 2 aliphatic rings. The predicted octanol–water partition coefficient (Wildman–Crippen LogP) is 3.17. The van der Waals surface area contributed by atoms with E-state index in [1.54, 1.807) is 0 Å². The molecule has 1 aliphatic heterocycles. The molecule has 148 valence electrons. The quantitative estimate of drug-likeness (QED) is 0.634. The average Bonchev–Trinajstić information content (AvgIpc) is 3.35. The number of nitrogens with one attached hydrogen (secondary N) is 4. The van der Waals surface area contributed by atoms with Crippen molar-refractivity contribution < 1.29 is 14.3 Å². The highest BCUT2D eigenvalue weighted by atomic mass is 16.6. The van der Waals surface area contributed by atoms with E-state index < -0.39 is 0 Å². The standard InChI is InChI=1S/C20H25N5O3/c1-11(2)22-20(27)28-14-7-6-12(8-14)16-9-17(25-24-16)23-15-5-3-4-13-10-21-19(26)18(13)15/h3-5,9,11-12,14H,6-8,10H2,1-2H3,(H,21,26)(H,22,27)(H2,23,24,25)/t12-,14?/m0/s1. The molecule has 2 heterocycles. The fourth-order valence-corrected chi connectivity index (χ4v) is 3.88. The van der Waals surface area contributed by atoms with E-state index in [9.17, 15) is 9.59 Å². The van der Waals surface area contributed by atoms with E-state index >= 15 is 0 Å². The Hall–Kier alpha value is -3.03. The van der Waals surface area contributed by atoms with Crippen molar-refractivity contribution in [3.05, 3.63) is 41.1 Å². The van der Waals surface area contributed by atoms with Crippen LogP contribution in [0.1, 0.15) is 60.6 Å². The van der Waals surface area contributed by atoms with Crippen molar-refractivity contribution in [3.8, 4) is 0 Å². The largest absolute Gasteiger partial charge is 0.446 e. The second-order valence-corrected chi connectivity index (χ2v) is 7.69. The Morgan fingerprint density at radius 2 is 2.18 bits per heavy atom. The molecule has 1 unspecified atom stereocenters. The number of carbonyl (C=O) groups excluding carboxylic acids is 2. The molecule has 1 aromatic heterocycles. The number of H-pyrrole nitrogens is 1. The zero-order valence-corrected chi connectivity index (χ0v) is 16.0. The van der Waals surface area contributed by atoms with Crippen molar-refractivity contribution in [1.29, 1.82) is 0 Å². The van der Waals surface area contributed by atoms with Gasteiger partial charge in [-0.1, -0.05) is 12.1 Å². The number of nitrogens with zero attached hydrogens (tertiary/aromatic N) is 1.